The second-order valence-electron chi connectivity index (χ2n) is 6.68. The molecule has 5 rings (SSSR count). The molecule has 1 amide bonds. The van der Waals surface area contributed by atoms with Gasteiger partial charge in [-0.1, -0.05) is 41.6 Å². The lowest BCUT2D eigenvalue weighted by Gasteiger charge is -2.31. The van der Waals surface area contributed by atoms with E-state index < -0.39 is 0 Å². The number of hydrogen-bond donors (Lipinski definition) is 0. The summed E-state index contributed by atoms with van der Waals surface area (Å²) in [4.78, 5) is 14.3. The number of furan rings is 1. The summed E-state index contributed by atoms with van der Waals surface area (Å²) in [5, 5.41) is 8.60. The topological polar surface area (TPSA) is 72.9 Å². The first-order valence-corrected chi connectivity index (χ1v) is 9.14. The molecule has 140 valence electrons. The minimum atomic E-state index is -0.326. The van der Waals surface area contributed by atoms with Gasteiger partial charge < -0.3 is 14.1 Å². The number of nitrogens with zero attached hydrogens (tertiary/aromatic N) is 4. The van der Waals surface area contributed by atoms with Crippen molar-refractivity contribution in [3.63, 3.8) is 0 Å². The molecular weight excluding hydrogens is 356 g/mol. The number of hydrogen-bond acceptors (Lipinski definition) is 5. The van der Waals surface area contributed by atoms with E-state index in [1.54, 1.807) is 21.5 Å². The normalized spacial score (nSPS) is 17.1. The van der Waals surface area contributed by atoms with Crippen LogP contribution in [0.1, 0.15) is 22.4 Å². The SMILES string of the molecule is O=C(c1ccco1)N1CCO[C@@H](c2nnn3cc(-c4ccccc4)ccc23)C1. The van der Waals surface area contributed by atoms with Crippen LogP contribution in [0.15, 0.2) is 71.5 Å². The Bertz CT molecular complexity index is 1110. The Kier molecular flexibility index (Phi) is 4.14. The molecule has 1 aromatic carbocycles. The van der Waals surface area contributed by atoms with Crippen LogP contribution in [0, 0.1) is 0 Å². The van der Waals surface area contributed by atoms with E-state index in [-0.39, 0.29) is 12.0 Å². The molecule has 3 aromatic heterocycles. The molecule has 0 spiro atoms. The number of carbonyl (C=O) groups is 1. The monoisotopic (exact) mass is 374 g/mol. The first kappa shape index (κ1) is 16.7. The summed E-state index contributed by atoms with van der Waals surface area (Å²) < 4.78 is 12.9. The molecule has 1 aliphatic heterocycles. The van der Waals surface area contributed by atoms with Crippen molar-refractivity contribution in [2.24, 2.45) is 0 Å². The second-order valence-corrected chi connectivity index (χ2v) is 6.68. The Morgan fingerprint density at radius 3 is 2.75 bits per heavy atom. The smallest absolute Gasteiger partial charge is 0.289 e. The van der Waals surface area contributed by atoms with Crippen LogP contribution in [-0.4, -0.2) is 45.3 Å². The summed E-state index contributed by atoms with van der Waals surface area (Å²) >= 11 is 0. The standard InChI is InChI=1S/C21H18N4O3/c26-21(18-7-4-11-27-18)24-10-12-28-19(14-24)20-17-9-8-16(13-25(17)23-22-20)15-5-2-1-3-6-15/h1-9,11,13,19H,10,12,14H2/t19-/m1/s1. The molecule has 0 unspecified atom stereocenters. The van der Waals surface area contributed by atoms with Gasteiger partial charge in [0, 0.05) is 18.3 Å². The fourth-order valence-corrected chi connectivity index (χ4v) is 3.50. The lowest BCUT2D eigenvalue weighted by atomic mass is 10.1. The van der Waals surface area contributed by atoms with Gasteiger partial charge in [-0.3, -0.25) is 4.79 Å². The molecule has 1 atom stereocenters. The van der Waals surface area contributed by atoms with Crippen molar-refractivity contribution in [3.8, 4) is 11.1 Å². The predicted molar refractivity (Wildman–Crippen MR) is 102 cm³/mol. The fourth-order valence-electron chi connectivity index (χ4n) is 3.50. The van der Waals surface area contributed by atoms with Crippen molar-refractivity contribution in [2.45, 2.75) is 6.10 Å². The Balaban J connectivity index is 1.42. The summed E-state index contributed by atoms with van der Waals surface area (Å²) in [6.45, 7) is 1.37. The predicted octanol–water partition coefficient (Wildman–Crippen LogP) is 3.20. The first-order valence-electron chi connectivity index (χ1n) is 9.14. The molecule has 4 aromatic rings. The van der Waals surface area contributed by atoms with Crippen LogP contribution in [0.3, 0.4) is 0 Å². The number of amides is 1. The van der Waals surface area contributed by atoms with Gasteiger partial charge in [0.25, 0.3) is 5.91 Å². The van der Waals surface area contributed by atoms with E-state index in [0.29, 0.717) is 25.5 Å². The number of aromatic nitrogens is 3. The van der Waals surface area contributed by atoms with Crippen molar-refractivity contribution in [1.29, 1.82) is 0 Å². The molecule has 0 N–H and O–H groups in total. The highest BCUT2D eigenvalue weighted by Gasteiger charge is 2.30. The van der Waals surface area contributed by atoms with Crippen LogP contribution in [0.25, 0.3) is 16.6 Å². The molecule has 1 fully saturated rings. The highest BCUT2D eigenvalue weighted by Crippen LogP contribution is 2.27. The Morgan fingerprint density at radius 1 is 1.04 bits per heavy atom. The third-order valence-corrected chi connectivity index (χ3v) is 4.94. The van der Waals surface area contributed by atoms with Crippen LogP contribution in [0.4, 0.5) is 0 Å². The highest BCUT2D eigenvalue weighted by atomic mass is 16.5. The van der Waals surface area contributed by atoms with Gasteiger partial charge in [-0.25, -0.2) is 4.52 Å². The molecule has 0 bridgehead atoms. The third-order valence-electron chi connectivity index (χ3n) is 4.94. The van der Waals surface area contributed by atoms with Crippen LogP contribution >= 0.6 is 0 Å². The number of pyridine rings is 1. The van der Waals surface area contributed by atoms with Crippen molar-refractivity contribution >= 4 is 11.4 Å². The van der Waals surface area contributed by atoms with Crippen LogP contribution in [-0.2, 0) is 4.74 Å². The minimum absolute atomic E-state index is 0.138. The van der Waals surface area contributed by atoms with Crippen molar-refractivity contribution in [2.75, 3.05) is 19.7 Å². The van der Waals surface area contributed by atoms with Gasteiger partial charge in [-0.05, 0) is 23.8 Å². The van der Waals surface area contributed by atoms with Crippen molar-refractivity contribution < 1.29 is 13.9 Å². The van der Waals surface area contributed by atoms with Gasteiger partial charge in [0.15, 0.2) is 5.76 Å². The number of benzene rings is 1. The average Bonchev–Trinajstić information content (AvgIpc) is 3.43. The zero-order valence-corrected chi connectivity index (χ0v) is 15.1. The van der Waals surface area contributed by atoms with E-state index in [1.165, 1.54) is 6.26 Å². The molecule has 1 aliphatic rings. The Morgan fingerprint density at radius 2 is 1.93 bits per heavy atom. The molecule has 0 aliphatic carbocycles. The third kappa shape index (κ3) is 2.95. The molecule has 7 nitrogen and oxygen atoms in total. The molecular formula is C21H18N4O3. The van der Waals surface area contributed by atoms with E-state index in [9.17, 15) is 4.79 Å². The van der Waals surface area contributed by atoms with Gasteiger partial charge >= 0.3 is 0 Å². The largest absolute Gasteiger partial charge is 0.459 e. The summed E-state index contributed by atoms with van der Waals surface area (Å²) in [5.74, 6) is 0.196. The van der Waals surface area contributed by atoms with Gasteiger partial charge in [0.1, 0.15) is 11.8 Å². The maximum Gasteiger partial charge on any atom is 0.289 e. The minimum Gasteiger partial charge on any atom is -0.459 e. The van der Waals surface area contributed by atoms with E-state index in [2.05, 4.69) is 22.4 Å². The maximum atomic E-state index is 12.6. The summed E-state index contributed by atoms with van der Waals surface area (Å²) in [6.07, 6.45) is 3.13. The molecule has 7 heteroatoms. The molecule has 4 heterocycles. The molecule has 0 saturated carbocycles. The van der Waals surface area contributed by atoms with Crippen LogP contribution in [0.2, 0.25) is 0 Å². The average molecular weight is 374 g/mol. The Labute approximate surface area is 161 Å². The van der Waals surface area contributed by atoms with E-state index in [1.807, 2.05) is 36.5 Å². The lowest BCUT2D eigenvalue weighted by molar-refractivity contribution is -0.0250. The van der Waals surface area contributed by atoms with Gasteiger partial charge in [-0.15, -0.1) is 5.10 Å². The first-order chi connectivity index (χ1) is 13.8. The number of ether oxygens (including phenoxy) is 1. The van der Waals surface area contributed by atoms with E-state index in [0.717, 1.165) is 22.3 Å². The van der Waals surface area contributed by atoms with Gasteiger partial charge in [0.05, 0.1) is 24.9 Å². The maximum absolute atomic E-state index is 12.6. The van der Waals surface area contributed by atoms with Crippen LogP contribution < -0.4 is 0 Å². The molecule has 28 heavy (non-hydrogen) atoms. The van der Waals surface area contributed by atoms with Crippen molar-refractivity contribution in [3.05, 3.63) is 78.5 Å². The Hall–Kier alpha value is -3.45. The number of morpholine rings is 1. The quantitative estimate of drug-likeness (QED) is 0.551. The number of rotatable bonds is 3. The van der Waals surface area contributed by atoms with E-state index >= 15 is 0 Å². The fraction of sp³-hybridized carbons (Fsp3) is 0.190. The van der Waals surface area contributed by atoms with Crippen molar-refractivity contribution in [1.82, 2.24) is 19.7 Å². The molecule has 1 saturated heterocycles. The second kappa shape index (κ2) is 6.94. The summed E-state index contributed by atoms with van der Waals surface area (Å²) in [7, 11) is 0. The van der Waals surface area contributed by atoms with Crippen LogP contribution in [0.5, 0.6) is 0 Å². The van der Waals surface area contributed by atoms with Gasteiger partial charge in [0.2, 0.25) is 0 Å². The zero-order chi connectivity index (χ0) is 18.9. The lowest BCUT2D eigenvalue weighted by Crippen LogP contribution is -2.42. The summed E-state index contributed by atoms with van der Waals surface area (Å²) in [6, 6.07) is 17.5. The van der Waals surface area contributed by atoms with E-state index in [4.69, 9.17) is 9.15 Å². The summed E-state index contributed by atoms with van der Waals surface area (Å²) in [5.41, 5.74) is 3.78. The highest BCUT2D eigenvalue weighted by molar-refractivity contribution is 5.91. The zero-order valence-electron chi connectivity index (χ0n) is 15.1. The number of fused-ring (bicyclic) bond motifs is 1. The number of carbonyl (C=O) groups excluding carboxylic acids is 1. The molecule has 0 radical (unpaired) electrons. The van der Waals surface area contributed by atoms with Gasteiger partial charge in [-0.2, -0.15) is 0 Å².